The van der Waals surface area contributed by atoms with Crippen LogP contribution >= 0.6 is 11.5 Å². The van der Waals surface area contributed by atoms with Gasteiger partial charge in [-0.2, -0.15) is 4.37 Å². The molecular weight excluding hydrogens is 284 g/mol. The van der Waals surface area contributed by atoms with Crippen LogP contribution in [0.1, 0.15) is 12.8 Å². The smallest absolute Gasteiger partial charge is 0.147 e. The van der Waals surface area contributed by atoms with E-state index in [9.17, 15) is 5.11 Å². The Morgan fingerprint density at radius 3 is 2.81 bits per heavy atom. The van der Waals surface area contributed by atoms with Crippen LogP contribution < -0.4 is 10.6 Å². The maximum Gasteiger partial charge on any atom is 0.147 e. The molecule has 0 bridgehead atoms. The summed E-state index contributed by atoms with van der Waals surface area (Å²) < 4.78 is 4.35. The van der Waals surface area contributed by atoms with Gasteiger partial charge in [-0.25, -0.2) is 0 Å². The van der Waals surface area contributed by atoms with Crippen molar-refractivity contribution in [2.24, 2.45) is 11.8 Å². The first-order chi connectivity index (χ1) is 10.2. The van der Waals surface area contributed by atoms with Crippen LogP contribution in [0.2, 0.25) is 0 Å². The predicted molar refractivity (Wildman–Crippen MR) is 84.2 cm³/mol. The van der Waals surface area contributed by atoms with Crippen molar-refractivity contribution in [1.29, 1.82) is 0 Å². The first-order valence-electron chi connectivity index (χ1n) is 7.32. The highest BCUT2D eigenvalue weighted by Crippen LogP contribution is 2.45. The number of nitrogens with two attached hydrogens (primary N) is 1. The molecule has 2 aromatic heterocycles. The summed E-state index contributed by atoms with van der Waals surface area (Å²) in [5.41, 5.74) is 8.16. The Balaban J connectivity index is 1.68. The largest absolute Gasteiger partial charge is 0.393 e. The SMILES string of the molecule is Nc1nsc(N2CC3CCC(O)C3C2)c1-c1ccncc1. The van der Waals surface area contributed by atoms with E-state index in [2.05, 4.69) is 14.3 Å². The minimum absolute atomic E-state index is 0.144. The van der Waals surface area contributed by atoms with Gasteiger partial charge in [0.1, 0.15) is 10.8 Å². The number of aliphatic hydroxyl groups excluding tert-OH is 1. The molecule has 1 aliphatic carbocycles. The lowest BCUT2D eigenvalue weighted by atomic mass is 10.00. The average molecular weight is 302 g/mol. The number of anilines is 2. The van der Waals surface area contributed by atoms with Crippen LogP contribution in [0.15, 0.2) is 24.5 Å². The quantitative estimate of drug-likeness (QED) is 0.887. The first-order valence-corrected chi connectivity index (χ1v) is 8.10. The zero-order chi connectivity index (χ0) is 14.4. The number of nitrogen functional groups attached to an aromatic ring is 1. The standard InChI is InChI=1S/C15H18N4OS/c16-14-13(9-3-5-17-6-4-9)15(21-18-14)19-7-10-1-2-12(20)11(10)8-19/h3-6,10-12,20H,1-2,7-8H2,(H2,16,18). The highest BCUT2D eigenvalue weighted by atomic mass is 32.1. The number of hydrogen-bond acceptors (Lipinski definition) is 6. The van der Waals surface area contributed by atoms with Gasteiger partial charge >= 0.3 is 0 Å². The summed E-state index contributed by atoms with van der Waals surface area (Å²) in [7, 11) is 0. The summed E-state index contributed by atoms with van der Waals surface area (Å²) >= 11 is 1.46. The molecule has 6 heteroatoms. The lowest BCUT2D eigenvalue weighted by molar-refractivity contribution is 0.134. The summed E-state index contributed by atoms with van der Waals surface area (Å²) in [6, 6.07) is 3.94. The molecule has 1 aliphatic heterocycles. The molecule has 110 valence electrons. The number of aliphatic hydroxyl groups is 1. The molecule has 1 saturated heterocycles. The van der Waals surface area contributed by atoms with Gasteiger partial charge in [-0.15, -0.1) is 0 Å². The molecule has 2 aliphatic rings. The van der Waals surface area contributed by atoms with Crippen molar-refractivity contribution in [3.63, 3.8) is 0 Å². The lowest BCUT2D eigenvalue weighted by Gasteiger charge is -2.20. The van der Waals surface area contributed by atoms with E-state index < -0.39 is 0 Å². The molecule has 21 heavy (non-hydrogen) atoms. The van der Waals surface area contributed by atoms with E-state index in [-0.39, 0.29) is 6.10 Å². The number of nitrogens with zero attached hydrogens (tertiary/aromatic N) is 3. The third-order valence-corrected chi connectivity index (χ3v) is 5.70. The molecule has 0 radical (unpaired) electrons. The molecule has 3 heterocycles. The van der Waals surface area contributed by atoms with Crippen LogP contribution in [-0.2, 0) is 0 Å². The molecule has 1 saturated carbocycles. The Hall–Kier alpha value is -1.66. The first kappa shape index (κ1) is 13.0. The Bertz CT molecular complexity index is 644. The summed E-state index contributed by atoms with van der Waals surface area (Å²) in [4.78, 5) is 6.41. The van der Waals surface area contributed by atoms with Crippen LogP contribution in [0.5, 0.6) is 0 Å². The Kier molecular flexibility index (Phi) is 3.08. The van der Waals surface area contributed by atoms with Gasteiger partial charge in [0.25, 0.3) is 0 Å². The van der Waals surface area contributed by atoms with Crippen molar-refractivity contribution in [3.05, 3.63) is 24.5 Å². The van der Waals surface area contributed by atoms with Crippen LogP contribution in [0.3, 0.4) is 0 Å². The molecule has 3 unspecified atom stereocenters. The maximum atomic E-state index is 10.1. The van der Waals surface area contributed by atoms with E-state index in [0.29, 0.717) is 17.7 Å². The Morgan fingerprint density at radius 1 is 1.24 bits per heavy atom. The van der Waals surface area contributed by atoms with Crippen molar-refractivity contribution in [2.75, 3.05) is 23.7 Å². The van der Waals surface area contributed by atoms with Crippen LogP contribution in [0, 0.1) is 11.8 Å². The zero-order valence-corrected chi connectivity index (χ0v) is 12.5. The molecule has 0 amide bonds. The molecular formula is C15H18N4OS. The van der Waals surface area contributed by atoms with Crippen molar-refractivity contribution in [2.45, 2.75) is 18.9 Å². The van der Waals surface area contributed by atoms with Gasteiger partial charge < -0.3 is 15.7 Å². The van der Waals surface area contributed by atoms with Gasteiger partial charge in [0.2, 0.25) is 0 Å². The summed E-state index contributed by atoms with van der Waals surface area (Å²) in [5.74, 6) is 1.59. The fourth-order valence-electron chi connectivity index (χ4n) is 3.70. The fourth-order valence-corrected chi connectivity index (χ4v) is 4.56. The average Bonchev–Trinajstić information content (AvgIpc) is 3.16. The van der Waals surface area contributed by atoms with E-state index in [0.717, 1.165) is 42.1 Å². The van der Waals surface area contributed by atoms with Gasteiger partial charge in [0, 0.05) is 31.4 Å². The van der Waals surface area contributed by atoms with Gasteiger partial charge in [0.05, 0.1) is 11.7 Å². The Labute approximate surface area is 127 Å². The minimum Gasteiger partial charge on any atom is -0.393 e. The summed E-state index contributed by atoms with van der Waals surface area (Å²) in [6.07, 6.45) is 5.48. The van der Waals surface area contributed by atoms with E-state index in [1.807, 2.05) is 12.1 Å². The van der Waals surface area contributed by atoms with Crippen molar-refractivity contribution < 1.29 is 5.11 Å². The molecule has 0 spiro atoms. The summed E-state index contributed by atoms with van der Waals surface area (Å²) in [6.45, 7) is 1.91. The van der Waals surface area contributed by atoms with Crippen molar-refractivity contribution >= 4 is 22.4 Å². The molecule has 5 nitrogen and oxygen atoms in total. The third kappa shape index (κ3) is 2.10. The van der Waals surface area contributed by atoms with Gasteiger partial charge in [-0.05, 0) is 48.0 Å². The number of aromatic nitrogens is 2. The zero-order valence-electron chi connectivity index (χ0n) is 11.6. The van der Waals surface area contributed by atoms with Crippen molar-refractivity contribution in [3.8, 4) is 11.1 Å². The van der Waals surface area contributed by atoms with Crippen LogP contribution in [0.4, 0.5) is 10.8 Å². The number of fused-ring (bicyclic) bond motifs is 1. The number of rotatable bonds is 2. The number of pyridine rings is 1. The van der Waals surface area contributed by atoms with E-state index in [4.69, 9.17) is 5.73 Å². The highest BCUT2D eigenvalue weighted by molar-refractivity contribution is 7.11. The second-order valence-electron chi connectivity index (χ2n) is 5.96. The Morgan fingerprint density at radius 2 is 2.05 bits per heavy atom. The molecule has 4 rings (SSSR count). The number of hydrogen-bond donors (Lipinski definition) is 2. The molecule has 3 N–H and O–H groups in total. The minimum atomic E-state index is -0.144. The van der Waals surface area contributed by atoms with E-state index in [1.165, 1.54) is 11.5 Å². The second-order valence-corrected chi connectivity index (χ2v) is 6.71. The van der Waals surface area contributed by atoms with Crippen LogP contribution in [-0.4, -0.2) is 33.7 Å². The topological polar surface area (TPSA) is 75.3 Å². The highest BCUT2D eigenvalue weighted by Gasteiger charge is 2.42. The third-order valence-electron chi connectivity index (χ3n) is 4.78. The van der Waals surface area contributed by atoms with Crippen LogP contribution in [0.25, 0.3) is 11.1 Å². The van der Waals surface area contributed by atoms with Gasteiger partial charge in [-0.1, -0.05) is 0 Å². The van der Waals surface area contributed by atoms with Crippen molar-refractivity contribution in [1.82, 2.24) is 9.36 Å². The fraction of sp³-hybridized carbons (Fsp3) is 0.467. The van der Waals surface area contributed by atoms with E-state index in [1.54, 1.807) is 12.4 Å². The second kappa shape index (κ2) is 4.96. The molecule has 2 fully saturated rings. The summed E-state index contributed by atoms with van der Waals surface area (Å²) in [5, 5.41) is 11.2. The van der Waals surface area contributed by atoms with Gasteiger partial charge in [0.15, 0.2) is 0 Å². The normalized spacial score (nSPS) is 28.0. The van der Waals surface area contributed by atoms with E-state index >= 15 is 0 Å². The predicted octanol–water partition coefficient (Wildman–Crippen LogP) is 1.99. The molecule has 0 aromatic carbocycles. The molecule has 3 atom stereocenters. The maximum absolute atomic E-state index is 10.1. The molecule has 2 aromatic rings. The monoisotopic (exact) mass is 302 g/mol. The van der Waals surface area contributed by atoms with Gasteiger partial charge in [-0.3, -0.25) is 4.98 Å². The lowest BCUT2D eigenvalue weighted by Crippen LogP contribution is -2.24.